The fourth-order valence-corrected chi connectivity index (χ4v) is 4.02. The van der Waals surface area contributed by atoms with E-state index in [-0.39, 0.29) is 30.5 Å². The van der Waals surface area contributed by atoms with Crippen LogP contribution in [0, 0.1) is 5.92 Å². The largest absolute Gasteiger partial charge is 0.481 e. The number of nitrogens with zero attached hydrogens (tertiary/aromatic N) is 2. The van der Waals surface area contributed by atoms with Crippen LogP contribution >= 0.6 is 0 Å². The van der Waals surface area contributed by atoms with E-state index in [1.54, 1.807) is 11.9 Å². The van der Waals surface area contributed by atoms with Crippen molar-refractivity contribution in [1.82, 2.24) is 9.80 Å². The number of sulfone groups is 1. The van der Waals surface area contributed by atoms with Gasteiger partial charge in [-0.25, -0.2) is 13.2 Å². The maximum atomic E-state index is 12.3. The van der Waals surface area contributed by atoms with Crippen LogP contribution in [0.15, 0.2) is 0 Å². The van der Waals surface area contributed by atoms with E-state index in [0.29, 0.717) is 12.5 Å². The van der Waals surface area contributed by atoms with E-state index in [4.69, 9.17) is 5.11 Å². The van der Waals surface area contributed by atoms with Gasteiger partial charge in [0.2, 0.25) is 0 Å². The molecule has 1 saturated heterocycles. The number of carbonyl (C=O) groups excluding carboxylic acids is 1. The maximum Gasteiger partial charge on any atom is 0.320 e. The Hall–Kier alpha value is -1.31. The van der Waals surface area contributed by atoms with Gasteiger partial charge in [0.25, 0.3) is 0 Å². The van der Waals surface area contributed by atoms with Gasteiger partial charge in [-0.15, -0.1) is 0 Å². The first-order valence-corrected chi connectivity index (χ1v) is 8.54. The van der Waals surface area contributed by atoms with Crippen molar-refractivity contribution < 1.29 is 23.1 Å². The minimum absolute atomic E-state index is 0.0775. The lowest BCUT2D eigenvalue weighted by atomic mass is 10.2. The average molecular weight is 304 g/mol. The second-order valence-electron chi connectivity index (χ2n) is 5.67. The molecule has 0 radical (unpaired) electrons. The highest BCUT2D eigenvalue weighted by molar-refractivity contribution is 7.91. The smallest absolute Gasteiger partial charge is 0.320 e. The molecule has 1 heterocycles. The molecule has 0 aromatic heterocycles. The van der Waals surface area contributed by atoms with E-state index >= 15 is 0 Å². The number of hydrogen-bond donors (Lipinski definition) is 1. The Kier molecular flexibility index (Phi) is 4.22. The van der Waals surface area contributed by atoms with E-state index in [0.717, 1.165) is 12.8 Å². The molecule has 1 unspecified atom stereocenters. The van der Waals surface area contributed by atoms with Crippen molar-refractivity contribution in [2.45, 2.75) is 25.3 Å². The van der Waals surface area contributed by atoms with Crippen molar-refractivity contribution in [2.24, 2.45) is 5.92 Å². The van der Waals surface area contributed by atoms with Crippen LogP contribution in [0.2, 0.25) is 0 Å². The molecule has 7 nitrogen and oxygen atoms in total. The first-order valence-electron chi connectivity index (χ1n) is 6.72. The molecule has 0 bridgehead atoms. The number of carboxylic acids is 1. The molecule has 2 aliphatic rings. The Labute approximate surface area is 118 Å². The second kappa shape index (κ2) is 5.59. The van der Waals surface area contributed by atoms with Crippen LogP contribution in [-0.2, 0) is 14.6 Å². The third-order valence-corrected chi connectivity index (χ3v) is 5.44. The van der Waals surface area contributed by atoms with Crippen molar-refractivity contribution in [3.8, 4) is 0 Å². The molecule has 0 spiro atoms. The molecular formula is C12H20N2O5S. The van der Waals surface area contributed by atoms with Gasteiger partial charge in [0, 0.05) is 20.1 Å². The standard InChI is InChI=1S/C12H20N2O5S/c1-13(7-9-2-3-9)12(17)14-4-5-20(18,19)8-10(14)6-11(15)16/h9-10H,2-8H2,1H3,(H,15,16). The number of aliphatic carboxylic acids is 1. The van der Waals surface area contributed by atoms with Crippen LogP contribution in [0.25, 0.3) is 0 Å². The van der Waals surface area contributed by atoms with E-state index in [9.17, 15) is 18.0 Å². The Balaban J connectivity index is 2.05. The predicted octanol–water partition coefficient (Wildman–Crippen LogP) is 0.0219. The number of urea groups is 1. The molecule has 114 valence electrons. The Morgan fingerprint density at radius 2 is 2.00 bits per heavy atom. The monoisotopic (exact) mass is 304 g/mol. The van der Waals surface area contributed by atoms with Crippen molar-refractivity contribution in [3.05, 3.63) is 0 Å². The van der Waals surface area contributed by atoms with Crippen molar-refractivity contribution >= 4 is 21.8 Å². The summed E-state index contributed by atoms with van der Waals surface area (Å²) in [7, 11) is -1.57. The zero-order valence-corrected chi connectivity index (χ0v) is 12.3. The van der Waals surface area contributed by atoms with E-state index in [1.165, 1.54) is 4.90 Å². The fourth-order valence-electron chi connectivity index (χ4n) is 2.49. The quantitative estimate of drug-likeness (QED) is 0.790. The summed E-state index contributed by atoms with van der Waals surface area (Å²) in [6, 6.07) is -1.03. The van der Waals surface area contributed by atoms with Crippen molar-refractivity contribution in [2.75, 3.05) is 31.6 Å². The average Bonchev–Trinajstić information content (AvgIpc) is 3.10. The lowest BCUT2D eigenvalue weighted by molar-refractivity contribution is -0.138. The van der Waals surface area contributed by atoms with Gasteiger partial charge >= 0.3 is 12.0 Å². The lowest BCUT2D eigenvalue weighted by Crippen LogP contribution is -2.55. The van der Waals surface area contributed by atoms with Gasteiger partial charge in [-0.05, 0) is 18.8 Å². The Bertz CT molecular complexity index is 500. The molecule has 2 rings (SSSR count). The highest BCUT2D eigenvalue weighted by atomic mass is 32.2. The highest BCUT2D eigenvalue weighted by Crippen LogP contribution is 2.30. The van der Waals surface area contributed by atoms with Crippen molar-refractivity contribution in [3.63, 3.8) is 0 Å². The van der Waals surface area contributed by atoms with E-state index < -0.39 is 21.8 Å². The zero-order valence-electron chi connectivity index (χ0n) is 11.5. The number of amides is 2. The van der Waals surface area contributed by atoms with Crippen molar-refractivity contribution in [1.29, 1.82) is 0 Å². The van der Waals surface area contributed by atoms with Crippen LogP contribution < -0.4 is 0 Å². The molecule has 20 heavy (non-hydrogen) atoms. The molecule has 0 aromatic carbocycles. The summed E-state index contributed by atoms with van der Waals surface area (Å²) >= 11 is 0. The van der Waals surface area contributed by atoms with Crippen LogP contribution in [0.3, 0.4) is 0 Å². The summed E-state index contributed by atoms with van der Waals surface area (Å²) in [6.07, 6.45) is 1.90. The predicted molar refractivity (Wildman–Crippen MR) is 72.2 cm³/mol. The molecule has 1 N–H and O–H groups in total. The third kappa shape index (κ3) is 3.84. The highest BCUT2D eigenvalue weighted by Gasteiger charge is 2.37. The molecule has 2 fully saturated rings. The van der Waals surface area contributed by atoms with E-state index in [1.807, 2.05) is 0 Å². The van der Waals surface area contributed by atoms with E-state index in [2.05, 4.69) is 0 Å². The molecule has 1 aliphatic heterocycles. The van der Waals surface area contributed by atoms with Gasteiger partial charge in [0.15, 0.2) is 9.84 Å². The summed E-state index contributed by atoms with van der Waals surface area (Å²) < 4.78 is 23.2. The third-order valence-electron chi connectivity index (χ3n) is 3.74. The minimum Gasteiger partial charge on any atom is -0.481 e. The van der Waals surface area contributed by atoms with Gasteiger partial charge in [0.05, 0.1) is 24.0 Å². The summed E-state index contributed by atoms with van der Waals surface area (Å²) in [5.41, 5.74) is 0. The van der Waals surface area contributed by atoms with Crippen LogP contribution in [-0.4, -0.2) is 73.0 Å². The summed E-state index contributed by atoms with van der Waals surface area (Å²) in [6.45, 7) is 0.732. The number of carbonyl (C=O) groups is 2. The summed E-state index contributed by atoms with van der Waals surface area (Å²) in [5, 5.41) is 8.88. The maximum absolute atomic E-state index is 12.3. The molecule has 8 heteroatoms. The van der Waals surface area contributed by atoms with Gasteiger partial charge < -0.3 is 14.9 Å². The molecule has 1 atom stereocenters. The second-order valence-corrected chi connectivity index (χ2v) is 7.89. The Morgan fingerprint density at radius 3 is 2.55 bits per heavy atom. The minimum atomic E-state index is -3.26. The topological polar surface area (TPSA) is 95.0 Å². The number of carboxylic acid groups (broad SMARTS) is 1. The van der Waals surface area contributed by atoms with Crippen LogP contribution in [0.4, 0.5) is 4.79 Å². The van der Waals surface area contributed by atoms with Crippen LogP contribution in [0.1, 0.15) is 19.3 Å². The molecule has 1 aliphatic carbocycles. The number of rotatable bonds is 4. The molecule has 2 amide bonds. The summed E-state index contributed by atoms with van der Waals surface area (Å²) in [5.74, 6) is -0.904. The lowest BCUT2D eigenvalue weighted by Gasteiger charge is -2.37. The first kappa shape index (κ1) is 15.1. The molecule has 0 aromatic rings. The van der Waals surface area contributed by atoms with Gasteiger partial charge in [-0.3, -0.25) is 4.79 Å². The normalized spacial score (nSPS) is 25.2. The summed E-state index contributed by atoms with van der Waals surface area (Å²) in [4.78, 5) is 26.2. The first-order chi connectivity index (χ1) is 9.28. The molecular weight excluding hydrogens is 284 g/mol. The zero-order chi connectivity index (χ0) is 14.9. The number of hydrogen-bond acceptors (Lipinski definition) is 4. The van der Waals surface area contributed by atoms with Crippen LogP contribution in [0.5, 0.6) is 0 Å². The van der Waals surface area contributed by atoms with Gasteiger partial charge in [-0.1, -0.05) is 0 Å². The fraction of sp³-hybridized carbons (Fsp3) is 0.833. The van der Waals surface area contributed by atoms with Gasteiger partial charge in [0.1, 0.15) is 0 Å². The molecule has 1 saturated carbocycles. The van der Waals surface area contributed by atoms with Gasteiger partial charge in [-0.2, -0.15) is 0 Å². The SMILES string of the molecule is CN(CC1CC1)C(=O)N1CCS(=O)(=O)CC1CC(=O)O. The Morgan fingerprint density at radius 1 is 1.35 bits per heavy atom.